The molecule has 1 saturated heterocycles. The first kappa shape index (κ1) is 21.1. The van der Waals surface area contributed by atoms with Crippen LogP contribution in [-0.2, 0) is 22.7 Å². The van der Waals surface area contributed by atoms with Gasteiger partial charge >= 0.3 is 5.97 Å². The van der Waals surface area contributed by atoms with Gasteiger partial charge in [0.1, 0.15) is 29.9 Å². The molecule has 3 aromatic rings. The summed E-state index contributed by atoms with van der Waals surface area (Å²) >= 11 is 0. The lowest BCUT2D eigenvalue weighted by Gasteiger charge is -2.32. The molecule has 0 unspecified atom stereocenters. The van der Waals surface area contributed by atoms with Gasteiger partial charge in [-0.1, -0.05) is 29.8 Å². The topological polar surface area (TPSA) is 85.0 Å². The van der Waals surface area contributed by atoms with E-state index in [9.17, 15) is 9.90 Å². The van der Waals surface area contributed by atoms with Crippen molar-refractivity contribution < 1.29 is 23.8 Å². The van der Waals surface area contributed by atoms with Crippen LogP contribution in [0.1, 0.15) is 22.6 Å². The molecule has 2 heterocycles. The average Bonchev–Trinajstić information content (AvgIpc) is 3.14. The lowest BCUT2D eigenvalue weighted by molar-refractivity contribution is -0.150. The number of carboxylic acid groups (broad SMARTS) is 1. The molecule has 1 fully saturated rings. The Labute approximate surface area is 181 Å². The summed E-state index contributed by atoms with van der Waals surface area (Å²) in [6.45, 7) is 6.16. The number of aliphatic carboxylic acids is 1. The van der Waals surface area contributed by atoms with Crippen LogP contribution in [0.5, 0.6) is 5.75 Å². The average molecular weight is 422 g/mol. The Balaban J connectivity index is 1.36. The Morgan fingerprint density at radius 3 is 2.61 bits per heavy atom. The van der Waals surface area contributed by atoms with E-state index in [1.165, 1.54) is 5.56 Å². The minimum absolute atomic E-state index is 0.220. The van der Waals surface area contributed by atoms with Crippen molar-refractivity contribution in [1.82, 2.24) is 9.88 Å². The number of aromatic nitrogens is 1. The number of aryl methyl sites for hydroxylation is 2. The van der Waals surface area contributed by atoms with Gasteiger partial charge in [-0.15, -0.1) is 0 Å². The highest BCUT2D eigenvalue weighted by atomic mass is 16.5. The van der Waals surface area contributed by atoms with E-state index in [1.54, 1.807) is 0 Å². The van der Waals surface area contributed by atoms with E-state index >= 15 is 0 Å². The minimum Gasteiger partial charge on any atom is -0.487 e. The molecular formula is C24H26N2O5. The van der Waals surface area contributed by atoms with Gasteiger partial charge in [0.25, 0.3) is 0 Å². The Kier molecular flexibility index (Phi) is 6.34. The first-order valence-corrected chi connectivity index (χ1v) is 10.3. The first-order chi connectivity index (χ1) is 15.0. The maximum atomic E-state index is 11.4. The smallest absolute Gasteiger partial charge is 0.323 e. The van der Waals surface area contributed by atoms with Crippen molar-refractivity contribution in [3.05, 3.63) is 71.1 Å². The van der Waals surface area contributed by atoms with Gasteiger partial charge in [0.15, 0.2) is 0 Å². The van der Waals surface area contributed by atoms with Gasteiger partial charge in [0.05, 0.1) is 13.2 Å². The Morgan fingerprint density at radius 1 is 1.16 bits per heavy atom. The van der Waals surface area contributed by atoms with Gasteiger partial charge in [-0.3, -0.25) is 9.69 Å². The van der Waals surface area contributed by atoms with Crippen LogP contribution in [0.2, 0.25) is 0 Å². The lowest BCUT2D eigenvalue weighted by Crippen LogP contribution is -2.49. The summed E-state index contributed by atoms with van der Waals surface area (Å²) in [7, 11) is 0. The van der Waals surface area contributed by atoms with Gasteiger partial charge in [-0.05, 0) is 43.7 Å². The third kappa shape index (κ3) is 5.13. The third-order valence-corrected chi connectivity index (χ3v) is 5.40. The summed E-state index contributed by atoms with van der Waals surface area (Å²) in [5.41, 5.74) is 3.91. The number of benzene rings is 2. The second kappa shape index (κ2) is 9.32. The molecule has 162 valence electrons. The highest BCUT2D eigenvalue weighted by Gasteiger charge is 2.29. The second-order valence-electron chi connectivity index (χ2n) is 7.72. The summed E-state index contributed by atoms with van der Waals surface area (Å²) in [6.07, 6.45) is 0. The van der Waals surface area contributed by atoms with Crippen LogP contribution < -0.4 is 4.74 Å². The summed E-state index contributed by atoms with van der Waals surface area (Å²) in [6, 6.07) is 15.1. The third-order valence-electron chi connectivity index (χ3n) is 5.40. The molecule has 1 atom stereocenters. The molecule has 0 amide bonds. The molecule has 0 bridgehead atoms. The summed E-state index contributed by atoms with van der Waals surface area (Å²) in [5, 5.41) is 9.36. The predicted octanol–water partition coefficient (Wildman–Crippen LogP) is 3.82. The van der Waals surface area contributed by atoms with Crippen molar-refractivity contribution >= 4 is 5.97 Å². The lowest BCUT2D eigenvalue weighted by atomic mass is 10.1. The second-order valence-corrected chi connectivity index (χ2v) is 7.72. The molecule has 2 aromatic carbocycles. The van der Waals surface area contributed by atoms with Gasteiger partial charge in [-0.2, -0.15) is 0 Å². The van der Waals surface area contributed by atoms with Crippen molar-refractivity contribution in [2.75, 3.05) is 19.8 Å². The Hall–Kier alpha value is -3.16. The normalized spacial score (nSPS) is 16.9. The van der Waals surface area contributed by atoms with Crippen molar-refractivity contribution in [2.24, 2.45) is 0 Å². The molecule has 1 N–H and O–H groups in total. The molecule has 0 aliphatic carbocycles. The van der Waals surface area contributed by atoms with Crippen LogP contribution in [0.4, 0.5) is 0 Å². The molecule has 0 radical (unpaired) electrons. The first-order valence-electron chi connectivity index (χ1n) is 10.3. The SMILES string of the molecule is Cc1ccc(-c2nc(COc3ccc(CN4CCOC[C@H]4C(=O)O)cc3)c(C)o2)cc1. The summed E-state index contributed by atoms with van der Waals surface area (Å²) in [4.78, 5) is 17.9. The predicted molar refractivity (Wildman–Crippen MR) is 115 cm³/mol. The maximum Gasteiger partial charge on any atom is 0.323 e. The van der Waals surface area contributed by atoms with Gasteiger partial charge in [-0.25, -0.2) is 4.98 Å². The van der Waals surface area contributed by atoms with Crippen molar-refractivity contribution in [3.63, 3.8) is 0 Å². The standard InChI is InChI=1S/C24H26N2O5/c1-16-3-7-19(8-4-16)23-25-21(17(2)31-23)14-30-20-9-5-18(6-10-20)13-26-11-12-29-15-22(26)24(27)28/h3-10,22H,11-15H2,1-2H3,(H,27,28)/t22-/m0/s1. The van der Waals surface area contributed by atoms with E-state index in [4.69, 9.17) is 13.9 Å². The van der Waals surface area contributed by atoms with E-state index < -0.39 is 12.0 Å². The number of carboxylic acids is 1. The van der Waals surface area contributed by atoms with Crippen molar-refractivity contribution in [2.45, 2.75) is 33.0 Å². The van der Waals surface area contributed by atoms with E-state index in [2.05, 4.69) is 4.98 Å². The van der Waals surface area contributed by atoms with E-state index in [1.807, 2.05) is 67.3 Å². The highest BCUT2D eigenvalue weighted by molar-refractivity contribution is 5.73. The summed E-state index contributed by atoms with van der Waals surface area (Å²) in [5.74, 6) is 1.19. The minimum atomic E-state index is -0.854. The number of carbonyl (C=O) groups is 1. The van der Waals surface area contributed by atoms with Crippen LogP contribution in [0.3, 0.4) is 0 Å². The van der Waals surface area contributed by atoms with Crippen LogP contribution in [0, 0.1) is 13.8 Å². The monoisotopic (exact) mass is 422 g/mol. The fourth-order valence-electron chi connectivity index (χ4n) is 3.51. The van der Waals surface area contributed by atoms with E-state index in [0.717, 1.165) is 28.3 Å². The molecule has 0 spiro atoms. The molecule has 4 rings (SSSR count). The molecular weight excluding hydrogens is 396 g/mol. The Morgan fingerprint density at radius 2 is 1.90 bits per heavy atom. The van der Waals surface area contributed by atoms with Gasteiger partial charge in [0, 0.05) is 18.7 Å². The zero-order valence-corrected chi connectivity index (χ0v) is 17.7. The van der Waals surface area contributed by atoms with Gasteiger partial charge in [0.2, 0.25) is 5.89 Å². The molecule has 7 heteroatoms. The van der Waals surface area contributed by atoms with Crippen LogP contribution in [0.25, 0.3) is 11.5 Å². The number of morpholine rings is 1. The van der Waals surface area contributed by atoms with Crippen LogP contribution in [-0.4, -0.2) is 46.8 Å². The molecule has 1 aliphatic rings. The number of oxazole rings is 1. The fourth-order valence-corrected chi connectivity index (χ4v) is 3.51. The molecule has 1 aromatic heterocycles. The summed E-state index contributed by atoms with van der Waals surface area (Å²) < 4.78 is 17.0. The maximum absolute atomic E-state index is 11.4. The molecule has 31 heavy (non-hydrogen) atoms. The zero-order valence-electron chi connectivity index (χ0n) is 17.7. The number of ether oxygens (including phenoxy) is 2. The Bertz CT molecular complexity index is 1030. The van der Waals surface area contributed by atoms with E-state index in [-0.39, 0.29) is 6.61 Å². The van der Waals surface area contributed by atoms with E-state index in [0.29, 0.717) is 32.2 Å². The number of rotatable bonds is 7. The van der Waals surface area contributed by atoms with Crippen molar-refractivity contribution in [3.8, 4) is 17.2 Å². The number of hydrogen-bond acceptors (Lipinski definition) is 6. The molecule has 1 aliphatic heterocycles. The number of hydrogen-bond donors (Lipinski definition) is 1. The number of nitrogens with zero attached hydrogens (tertiary/aromatic N) is 2. The molecule has 7 nitrogen and oxygen atoms in total. The van der Waals surface area contributed by atoms with Crippen molar-refractivity contribution in [1.29, 1.82) is 0 Å². The fraction of sp³-hybridized carbons (Fsp3) is 0.333. The van der Waals surface area contributed by atoms with Crippen LogP contribution >= 0.6 is 0 Å². The highest BCUT2D eigenvalue weighted by Crippen LogP contribution is 2.23. The largest absolute Gasteiger partial charge is 0.487 e. The van der Waals surface area contributed by atoms with Crippen LogP contribution in [0.15, 0.2) is 52.9 Å². The van der Waals surface area contributed by atoms with Gasteiger partial charge < -0.3 is 19.0 Å². The molecule has 0 saturated carbocycles. The zero-order chi connectivity index (χ0) is 21.8. The quantitative estimate of drug-likeness (QED) is 0.619.